The van der Waals surface area contributed by atoms with Gasteiger partial charge >= 0.3 is 0 Å². The molecule has 1 unspecified atom stereocenters. The van der Waals surface area contributed by atoms with Crippen molar-refractivity contribution in [2.45, 2.75) is 46.1 Å². The fraction of sp³-hybridized carbons (Fsp3) is 0.769. The third-order valence-electron chi connectivity index (χ3n) is 4.01. The van der Waals surface area contributed by atoms with Crippen LogP contribution >= 0.6 is 0 Å². The van der Waals surface area contributed by atoms with Gasteiger partial charge in [0.25, 0.3) is 0 Å². The van der Waals surface area contributed by atoms with Crippen molar-refractivity contribution in [2.75, 3.05) is 28.7 Å². The molecule has 112 valence electrons. The zero-order valence-corrected chi connectivity index (χ0v) is 12.6. The fourth-order valence-corrected chi connectivity index (χ4v) is 2.40. The van der Waals surface area contributed by atoms with E-state index < -0.39 is 0 Å². The molecule has 0 spiro atoms. The molecule has 1 atom stereocenters. The molecule has 20 heavy (non-hydrogen) atoms. The molecule has 1 heterocycles. The lowest BCUT2D eigenvalue weighted by Gasteiger charge is -2.32. The third kappa shape index (κ3) is 3.27. The second-order valence-electron chi connectivity index (χ2n) is 5.22. The molecule has 0 radical (unpaired) electrons. The first-order valence-corrected chi connectivity index (χ1v) is 7.42. The number of hydrogen-bond acceptors (Lipinski definition) is 7. The molecule has 1 fully saturated rings. The molecule has 0 aromatic carbocycles. The normalized spacial score (nSPS) is 16.4. The van der Waals surface area contributed by atoms with Crippen LogP contribution in [0.5, 0.6) is 0 Å². The summed E-state index contributed by atoms with van der Waals surface area (Å²) in [6.07, 6.45) is 3.89. The van der Waals surface area contributed by atoms with E-state index in [2.05, 4.69) is 51.4 Å². The number of aromatic nitrogens is 3. The minimum absolute atomic E-state index is 0.376. The first-order valence-electron chi connectivity index (χ1n) is 7.42. The number of nitrogens with two attached hydrogens (primary N) is 1. The number of nitrogens with one attached hydrogen (secondary N) is 2. The maximum atomic E-state index is 5.45. The van der Waals surface area contributed by atoms with E-state index in [1.54, 1.807) is 0 Å². The van der Waals surface area contributed by atoms with Crippen molar-refractivity contribution >= 4 is 17.8 Å². The highest BCUT2D eigenvalue weighted by molar-refractivity contribution is 5.43. The number of nitrogens with zero attached hydrogens (tertiary/aromatic N) is 4. The zero-order valence-electron chi connectivity index (χ0n) is 12.6. The predicted molar refractivity (Wildman–Crippen MR) is 81.6 cm³/mol. The summed E-state index contributed by atoms with van der Waals surface area (Å²) in [4.78, 5) is 15.2. The Morgan fingerprint density at radius 1 is 1.20 bits per heavy atom. The van der Waals surface area contributed by atoms with Crippen molar-refractivity contribution in [1.82, 2.24) is 15.0 Å². The molecule has 1 aliphatic carbocycles. The van der Waals surface area contributed by atoms with Gasteiger partial charge in [-0.15, -0.1) is 0 Å². The standard InChI is InChI=1S/C13H25N7/c1-4-20(5-2)13-17-11(16-12(18-13)19-14)15-9(3)10-7-6-8-10/h9-10H,4-8,14H2,1-3H3,(H2,15,16,17,18,19). The van der Waals surface area contributed by atoms with Gasteiger partial charge in [0.1, 0.15) is 0 Å². The monoisotopic (exact) mass is 279 g/mol. The lowest BCUT2D eigenvalue weighted by atomic mass is 9.80. The molecule has 4 N–H and O–H groups in total. The van der Waals surface area contributed by atoms with Crippen molar-refractivity contribution in [2.24, 2.45) is 11.8 Å². The summed E-state index contributed by atoms with van der Waals surface area (Å²) >= 11 is 0. The molecule has 1 aromatic heterocycles. The Hall–Kier alpha value is -1.63. The van der Waals surface area contributed by atoms with E-state index in [0.29, 0.717) is 23.9 Å². The molecular formula is C13H25N7. The van der Waals surface area contributed by atoms with Gasteiger partial charge in [-0.25, -0.2) is 5.84 Å². The van der Waals surface area contributed by atoms with Crippen LogP contribution in [0, 0.1) is 5.92 Å². The summed E-state index contributed by atoms with van der Waals surface area (Å²) in [6.45, 7) is 8.03. The lowest BCUT2D eigenvalue weighted by molar-refractivity contribution is 0.284. The smallest absolute Gasteiger partial charge is 0.243 e. The molecular weight excluding hydrogens is 254 g/mol. The average Bonchev–Trinajstić information content (AvgIpc) is 2.37. The van der Waals surface area contributed by atoms with E-state index in [-0.39, 0.29) is 0 Å². The Balaban J connectivity index is 2.16. The molecule has 0 aliphatic heterocycles. The lowest BCUT2D eigenvalue weighted by Crippen LogP contribution is -2.32. The first kappa shape index (κ1) is 14.8. The second-order valence-corrected chi connectivity index (χ2v) is 5.22. The van der Waals surface area contributed by atoms with Gasteiger partial charge < -0.3 is 10.2 Å². The van der Waals surface area contributed by atoms with Gasteiger partial charge in [0.05, 0.1) is 0 Å². The summed E-state index contributed by atoms with van der Waals surface area (Å²) in [5.41, 5.74) is 2.51. The van der Waals surface area contributed by atoms with Gasteiger partial charge in [-0.1, -0.05) is 6.42 Å². The topological polar surface area (TPSA) is 92.0 Å². The van der Waals surface area contributed by atoms with Crippen LogP contribution in [-0.4, -0.2) is 34.1 Å². The van der Waals surface area contributed by atoms with Crippen LogP contribution in [0.1, 0.15) is 40.0 Å². The molecule has 0 amide bonds. The number of rotatable bonds is 7. The summed E-state index contributed by atoms with van der Waals surface area (Å²) < 4.78 is 0. The molecule has 1 saturated carbocycles. The van der Waals surface area contributed by atoms with Crippen LogP contribution < -0.4 is 21.5 Å². The summed E-state index contributed by atoms with van der Waals surface area (Å²) in [7, 11) is 0. The van der Waals surface area contributed by atoms with Gasteiger partial charge in [0.2, 0.25) is 17.8 Å². The fourth-order valence-electron chi connectivity index (χ4n) is 2.40. The predicted octanol–water partition coefficient (Wildman–Crippen LogP) is 1.60. The van der Waals surface area contributed by atoms with Crippen molar-refractivity contribution in [3.05, 3.63) is 0 Å². The highest BCUT2D eigenvalue weighted by Gasteiger charge is 2.24. The molecule has 1 aliphatic rings. The quantitative estimate of drug-likeness (QED) is 0.516. The first-order chi connectivity index (χ1) is 9.67. The highest BCUT2D eigenvalue weighted by Crippen LogP contribution is 2.30. The zero-order chi connectivity index (χ0) is 14.5. The number of hydrazine groups is 1. The number of hydrogen-bond donors (Lipinski definition) is 3. The number of nitrogen functional groups attached to an aromatic ring is 1. The van der Waals surface area contributed by atoms with E-state index in [1.807, 2.05) is 0 Å². The maximum Gasteiger partial charge on any atom is 0.243 e. The Morgan fingerprint density at radius 3 is 2.35 bits per heavy atom. The summed E-state index contributed by atoms with van der Waals surface area (Å²) in [5.74, 6) is 7.81. The average molecular weight is 279 g/mol. The molecule has 0 bridgehead atoms. The van der Waals surface area contributed by atoms with Crippen LogP contribution in [0.4, 0.5) is 17.8 Å². The van der Waals surface area contributed by atoms with Crippen molar-refractivity contribution in [1.29, 1.82) is 0 Å². The van der Waals surface area contributed by atoms with Crippen molar-refractivity contribution in [3.8, 4) is 0 Å². The van der Waals surface area contributed by atoms with Crippen molar-refractivity contribution < 1.29 is 0 Å². The van der Waals surface area contributed by atoms with E-state index in [0.717, 1.165) is 19.0 Å². The molecule has 2 rings (SSSR count). The minimum Gasteiger partial charge on any atom is -0.351 e. The number of anilines is 3. The molecule has 7 heteroatoms. The van der Waals surface area contributed by atoms with Gasteiger partial charge in [0.15, 0.2) is 0 Å². The third-order valence-corrected chi connectivity index (χ3v) is 4.01. The highest BCUT2D eigenvalue weighted by atomic mass is 15.4. The van der Waals surface area contributed by atoms with Crippen LogP contribution in [0.3, 0.4) is 0 Å². The van der Waals surface area contributed by atoms with Gasteiger partial charge in [-0.05, 0) is 39.5 Å². The second kappa shape index (κ2) is 6.69. The summed E-state index contributed by atoms with van der Waals surface area (Å²) in [6, 6.07) is 0.376. The SMILES string of the molecule is CCN(CC)c1nc(NN)nc(NC(C)C2CCC2)n1. The minimum atomic E-state index is 0.376. The van der Waals surface area contributed by atoms with Crippen LogP contribution in [-0.2, 0) is 0 Å². The van der Waals surface area contributed by atoms with Crippen LogP contribution in [0.25, 0.3) is 0 Å². The van der Waals surface area contributed by atoms with Crippen molar-refractivity contribution in [3.63, 3.8) is 0 Å². The summed E-state index contributed by atoms with van der Waals surface area (Å²) in [5, 5.41) is 3.38. The van der Waals surface area contributed by atoms with Gasteiger partial charge in [-0.2, -0.15) is 15.0 Å². The molecule has 0 saturated heterocycles. The van der Waals surface area contributed by atoms with Gasteiger partial charge in [0, 0.05) is 19.1 Å². The van der Waals surface area contributed by atoms with E-state index in [4.69, 9.17) is 5.84 Å². The Bertz CT molecular complexity index is 429. The van der Waals surface area contributed by atoms with Crippen LogP contribution in [0.2, 0.25) is 0 Å². The maximum absolute atomic E-state index is 5.45. The Labute approximate surface area is 120 Å². The molecule has 1 aromatic rings. The Morgan fingerprint density at radius 2 is 1.85 bits per heavy atom. The van der Waals surface area contributed by atoms with Crippen LogP contribution in [0.15, 0.2) is 0 Å². The van der Waals surface area contributed by atoms with E-state index in [9.17, 15) is 0 Å². The largest absolute Gasteiger partial charge is 0.351 e. The Kier molecular flexibility index (Phi) is 4.94. The van der Waals surface area contributed by atoms with Gasteiger partial charge in [-0.3, -0.25) is 5.43 Å². The molecule has 7 nitrogen and oxygen atoms in total. The van der Waals surface area contributed by atoms with E-state index >= 15 is 0 Å². The van der Waals surface area contributed by atoms with E-state index in [1.165, 1.54) is 19.3 Å².